The predicted octanol–water partition coefficient (Wildman–Crippen LogP) is 3.26. The van der Waals surface area contributed by atoms with Gasteiger partial charge in [-0.1, -0.05) is 39.0 Å². The zero-order valence-electron chi connectivity index (χ0n) is 15.4. The summed E-state index contributed by atoms with van der Waals surface area (Å²) >= 11 is 0. The molecule has 0 aliphatic carbocycles. The number of hydrogen-bond donors (Lipinski definition) is 2. The first-order valence-corrected chi connectivity index (χ1v) is 9.16. The minimum absolute atomic E-state index is 0.0503. The summed E-state index contributed by atoms with van der Waals surface area (Å²) in [5.74, 6) is 1.75. The van der Waals surface area contributed by atoms with Crippen molar-refractivity contribution >= 4 is 5.91 Å². The fourth-order valence-electron chi connectivity index (χ4n) is 3.16. The van der Waals surface area contributed by atoms with Crippen LogP contribution in [0.5, 0.6) is 5.75 Å². The van der Waals surface area contributed by atoms with Crippen molar-refractivity contribution in [3.05, 3.63) is 29.8 Å². The SMILES string of the molecule is CC(C)(C)c1ccccc1OCCNC(=O)CCC1CCNCC1. The van der Waals surface area contributed by atoms with Crippen molar-refractivity contribution in [2.24, 2.45) is 5.92 Å². The minimum atomic E-state index is 0.0503. The number of benzene rings is 1. The van der Waals surface area contributed by atoms with Crippen LogP contribution in [0.4, 0.5) is 0 Å². The summed E-state index contributed by atoms with van der Waals surface area (Å²) < 4.78 is 5.89. The molecule has 2 N–H and O–H groups in total. The average Bonchev–Trinajstić information content (AvgIpc) is 2.57. The second kappa shape index (κ2) is 9.07. The van der Waals surface area contributed by atoms with Gasteiger partial charge in [-0.05, 0) is 55.3 Å². The van der Waals surface area contributed by atoms with E-state index in [1.165, 1.54) is 18.4 Å². The van der Waals surface area contributed by atoms with Gasteiger partial charge in [0.2, 0.25) is 5.91 Å². The van der Waals surface area contributed by atoms with Gasteiger partial charge in [-0.15, -0.1) is 0 Å². The van der Waals surface area contributed by atoms with Crippen molar-refractivity contribution in [2.75, 3.05) is 26.2 Å². The zero-order valence-corrected chi connectivity index (χ0v) is 15.4. The highest BCUT2D eigenvalue weighted by Gasteiger charge is 2.18. The van der Waals surface area contributed by atoms with E-state index in [-0.39, 0.29) is 11.3 Å². The molecule has 4 nitrogen and oxygen atoms in total. The molecule has 1 amide bonds. The van der Waals surface area contributed by atoms with Crippen LogP contribution in [0.1, 0.15) is 52.0 Å². The fraction of sp³-hybridized carbons (Fsp3) is 0.650. The van der Waals surface area contributed by atoms with Gasteiger partial charge in [0.25, 0.3) is 0 Å². The van der Waals surface area contributed by atoms with E-state index in [1.807, 2.05) is 18.2 Å². The minimum Gasteiger partial charge on any atom is -0.491 e. The van der Waals surface area contributed by atoms with Crippen molar-refractivity contribution < 1.29 is 9.53 Å². The van der Waals surface area contributed by atoms with E-state index in [0.29, 0.717) is 25.5 Å². The van der Waals surface area contributed by atoms with Gasteiger partial charge in [0, 0.05) is 6.42 Å². The Hall–Kier alpha value is -1.55. The number of amides is 1. The number of nitrogens with one attached hydrogen (secondary N) is 2. The Morgan fingerprint density at radius 3 is 2.67 bits per heavy atom. The third kappa shape index (κ3) is 6.16. The molecule has 1 aromatic rings. The topological polar surface area (TPSA) is 50.4 Å². The van der Waals surface area contributed by atoms with E-state index in [9.17, 15) is 4.79 Å². The van der Waals surface area contributed by atoms with Gasteiger partial charge >= 0.3 is 0 Å². The highest BCUT2D eigenvalue weighted by Crippen LogP contribution is 2.30. The summed E-state index contributed by atoms with van der Waals surface area (Å²) in [5, 5.41) is 6.33. The Kier molecular flexibility index (Phi) is 7.10. The first-order chi connectivity index (χ1) is 11.5. The van der Waals surface area contributed by atoms with E-state index in [2.05, 4.69) is 37.5 Å². The lowest BCUT2D eigenvalue weighted by atomic mass is 9.86. The number of carbonyl (C=O) groups excluding carboxylic acids is 1. The van der Waals surface area contributed by atoms with Gasteiger partial charge in [0.1, 0.15) is 12.4 Å². The summed E-state index contributed by atoms with van der Waals surface area (Å²) in [5.41, 5.74) is 1.25. The molecule has 2 rings (SSSR count). The van der Waals surface area contributed by atoms with Crippen molar-refractivity contribution in [3.63, 3.8) is 0 Å². The van der Waals surface area contributed by atoms with Crippen LogP contribution in [-0.2, 0) is 10.2 Å². The highest BCUT2D eigenvalue weighted by molar-refractivity contribution is 5.75. The van der Waals surface area contributed by atoms with E-state index in [1.54, 1.807) is 0 Å². The third-order valence-corrected chi connectivity index (χ3v) is 4.62. The van der Waals surface area contributed by atoms with Crippen LogP contribution in [0.2, 0.25) is 0 Å². The quantitative estimate of drug-likeness (QED) is 0.754. The molecule has 1 saturated heterocycles. The Labute approximate surface area is 146 Å². The van der Waals surface area contributed by atoms with Gasteiger partial charge in [0.15, 0.2) is 0 Å². The lowest BCUT2D eigenvalue weighted by Crippen LogP contribution is -2.31. The van der Waals surface area contributed by atoms with Crippen LogP contribution in [-0.4, -0.2) is 32.1 Å². The Bertz CT molecular complexity index is 517. The van der Waals surface area contributed by atoms with Crippen LogP contribution in [0.3, 0.4) is 0 Å². The van der Waals surface area contributed by atoms with Gasteiger partial charge < -0.3 is 15.4 Å². The number of hydrogen-bond acceptors (Lipinski definition) is 3. The molecule has 24 heavy (non-hydrogen) atoms. The second-order valence-electron chi connectivity index (χ2n) is 7.68. The normalized spacial score (nSPS) is 16.0. The summed E-state index contributed by atoms with van der Waals surface area (Å²) in [6.45, 7) is 9.78. The summed E-state index contributed by atoms with van der Waals surface area (Å²) in [4.78, 5) is 11.9. The van der Waals surface area contributed by atoms with Crippen LogP contribution in [0, 0.1) is 5.92 Å². The maximum absolute atomic E-state index is 11.9. The third-order valence-electron chi connectivity index (χ3n) is 4.62. The van der Waals surface area contributed by atoms with Crippen molar-refractivity contribution in [1.29, 1.82) is 0 Å². The van der Waals surface area contributed by atoms with E-state index in [4.69, 9.17) is 4.74 Å². The molecule has 0 spiro atoms. The van der Waals surface area contributed by atoms with Crippen molar-refractivity contribution in [3.8, 4) is 5.75 Å². The first kappa shape index (κ1) is 18.8. The molecule has 1 aliphatic rings. The molecule has 1 aromatic carbocycles. The first-order valence-electron chi connectivity index (χ1n) is 9.16. The van der Waals surface area contributed by atoms with Gasteiger partial charge in [-0.3, -0.25) is 4.79 Å². The maximum atomic E-state index is 11.9. The van der Waals surface area contributed by atoms with Crippen molar-refractivity contribution in [1.82, 2.24) is 10.6 Å². The van der Waals surface area contributed by atoms with Gasteiger partial charge in [0.05, 0.1) is 6.54 Å². The highest BCUT2D eigenvalue weighted by atomic mass is 16.5. The number of rotatable bonds is 7. The molecule has 0 atom stereocenters. The lowest BCUT2D eigenvalue weighted by molar-refractivity contribution is -0.121. The fourth-order valence-corrected chi connectivity index (χ4v) is 3.16. The number of ether oxygens (including phenoxy) is 1. The predicted molar refractivity (Wildman–Crippen MR) is 98.5 cm³/mol. The molecule has 1 fully saturated rings. The standard InChI is InChI=1S/C20H32N2O2/c1-20(2,3)17-6-4-5-7-18(17)24-15-14-22-19(23)9-8-16-10-12-21-13-11-16/h4-7,16,21H,8-15H2,1-3H3,(H,22,23). The average molecular weight is 332 g/mol. The summed E-state index contributed by atoms with van der Waals surface area (Å²) in [7, 11) is 0. The summed E-state index contributed by atoms with van der Waals surface area (Å²) in [6, 6.07) is 8.13. The molecule has 1 aliphatic heterocycles. The molecule has 1 heterocycles. The number of piperidine rings is 1. The van der Waals surface area contributed by atoms with Crippen LogP contribution >= 0.6 is 0 Å². The molecule has 0 unspecified atom stereocenters. The molecule has 0 bridgehead atoms. The molecule has 4 heteroatoms. The largest absolute Gasteiger partial charge is 0.491 e. The van der Waals surface area contributed by atoms with Crippen molar-refractivity contribution in [2.45, 2.75) is 51.9 Å². The Morgan fingerprint density at radius 2 is 1.96 bits per heavy atom. The molecule has 0 aromatic heterocycles. The lowest BCUT2D eigenvalue weighted by Gasteiger charge is -2.23. The molecule has 0 saturated carbocycles. The Morgan fingerprint density at radius 1 is 1.25 bits per heavy atom. The number of carbonyl (C=O) groups is 1. The monoisotopic (exact) mass is 332 g/mol. The molecule has 134 valence electrons. The molecular formula is C20H32N2O2. The number of para-hydroxylation sites is 1. The Balaban J connectivity index is 1.66. The van der Waals surface area contributed by atoms with E-state index >= 15 is 0 Å². The second-order valence-corrected chi connectivity index (χ2v) is 7.68. The van der Waals surface area contributed by atoms with Gasteiger partial charge in [-0.2, -0.15) is 0 Å². The smallest absolute Gasteiger partial charge is 0.220 e. The molecule has 0 radical (unpaired) electrons. The zero-order chi connectivity index (χ0) is 17.4. The van der Waals surface area contributed by atoms with E-state index in [0.717, 1.165) is 25.3 Å². The van der Waals surface area contributed by atoms with Crippen LogP contribution < -0.4 is 15.4 Å². The maximum Gasteiger partial charge on any atom is 0.220 e. The summed E-state index contributed by atoms with van der Waals surface area (Å²) in [6.07, 6.45) is 4.02. The van der Waals surface area contributed by atoms with Crippen LogP contribution in [0.25, 0.3) is 0 Å². The molecular weight excluding hydrogens is 300 g/mol. The van der Waals surface area contributed by atoms with Crippen LogP contribution in [0.15, 0.2) is 24.3 Å². The van der Waals surface area contributed by atoms with Gasteiger partial charge in [-0.25, -0.2) is 0 Å². The van der Waals surface area contributed by atoms with E-state index < -0.39 is 0 Å².